The SMILES string of the molecule is CCN(C)C(=O)c1cnc(C)nc1N[C@@H](C)c1cc2cccc(-c3ccnc(OC)c3)c2c(=O)n1-c1ccccc1. The lowest BCUT2D eigenvalue weighted by atomic mass is 9.98. The van der Waals surface area contributed by atoms with Crippen LogP contribution < -0.4 is 15.6 Å². The maximum Gasteiger partial charge on any atom is 0.263 e. The van der Waals surface area contributed by atoms with E-state index in [1.165, 1.54) is 0 Å². The molecule has 0 bridgehead atoms. The van der Waals surface area contributed by atoms with Gasteiger partial charge in [0.25, 0.3) is 11.5 Å². The third kappa shape index (κ3) is 5.38. The monoisotopic (exact) mass is 548 g/mol. The van der Waals surface area contributed by atoms with Crippen LogP contribution in [0, 0.1) is 6.92 Å². The average molecular weight is 549 g/mol. The van der Waals surface area contributed by atoms with Crippen LogP contribution in [0.2, 0.25) is 0 Å². The van der Waals surface area contributed by atoms with Crippen molar-refractivity contribution in [3.63, 3.8) is 0 Å². The average Bonchev–Trinajstić information content (AvgIpc) is 3.00. The van der Waals surface area contributed by atoms with E-state index in [0.29, 0.717) is 35.0 Å². The molecule has 41 heavy (non-hydrogen) atoms. The van der Waals surface area contributed by atoms with Gasteiger partial charge in [0, 0.05) is 43.4 Å². The van der Waals surface area contributed by atoms with Gasteiger partial charge in [-0.05, 0) is 61.5 Å². The van der Waals surface area contributed by atoms with Gasteiger partial charge in [-0.3, -0.25) is 14.2 Å². The number of hydrogen-bond acceptors (Lipinski definition) is 7. The summed E-state index contributed by atoms with van der Waals surface area (Å²) in [4.78, 5) is 42.2. The highest BCUT2D eigenvalue weighted by molar-refractivity contribution is 5.99. The number of nitrogens with zero attached hydrogens (tertiary/aromatic N) is 5. The minimum Gasteiger partial charge on any atom is -0.481 e. The molecule has 1 N–H and O–H groups in total. The van der Waals surface area contributed by atoms with Crippen LogP contribution in [-0.4, -0.2) is 51.0 Å². The second kappa shape index (κ2) is 11.6. The van der Waals surface area contributed by atoms with Gasteiger partial charge in [-0.25, -0.2) is 15.0 Å². The second-order valence-corrected chi connectivity index (χ2v) is 9.77. The Morgan fingerprint density at radius 2 is 1.85 bits per heavy atom. The lowest BCUT2D eigenvalue weighted by Crippen LogP contribution is -2.29. The standard InChI is InChI=1S/C32H32N6O3/c1-6-37(4)31(39)26-19-34-21(3)36-30(26)35-20(2)27-17-23-11-10-14-25(22-15-16-33-28(18-22)41-5)29(23)32(40)38(27)24-12-8-7-9-13-24/h7-20H,6H2,1-5H3,(H,34,35,36)/t20-/m0/s1. The summed E-state index contributed by atoms with van der Waals surface area (Å²) in [6.07, 6.45) is 3.22. The number of carbonyl (C=O) groups excluding carboxylic acids is 1. The molecule has 0 unspecified atom stereocenters. The largest absolute Gasteiger partial charge is 0.481 e. The molecule has 0 aliphatic rings. The van der Waals surface area contributed by atoms with Crippen LogP contribution in [-0.2, 0) is 0 Å². The van der Waals surface area contributed by atoms with E-state index in [1.807, 2.05) is 80.6 Å². The van der Waals surface area contributed by atoms with Gasteiger partial charge in [-0.1, -0.05) is 36.4 Å². The first-order valence-electron chi connectivity index (χ1n) is 13.4. The number of pyridine rings is 2. The molecule has 0 spiro atoms. The molecule has 0 aliphatic heterocycles. The van der Waals surface area contributed by atoms with Crippen LogP contribution >= 0.6 is 0 Å². The summed E-state index contributed by atoms with van der Waals surface area (Å²) in [5.74, 6) is 1.24. The van der Waals surface area contributed by atoms with Crippen LogP contribution in [0.1, 0.15) is 41.8 Å². The molecule has 5 aromatic rings. The number of amides is 1. The van der Waals surface area contributed by atoms with E-state index >= 15 is 0 Å². The van der Waals surface area contributed by atoms with Gasteiger partial charge in [0.1, 0.15) is 17.2 Å². The first kappa shape index (κ1) is 27.5. The Morgan fingerprint density at radius 1 is 1.07 bits per heavy atom. The smallest absolute Gasteiger partial charge is 0.263 e. The molecule has 0 radical (unpaired) electrons. The molecular weight excluding hydrogens is 516 g/mol. The first-order valence-corrected chi connectivity index (χ1v) is 13.4. The minimum absolute atomic E-state index is 0.162. The van der Waals surface area contributed by atoms with Crippen molar-refractivity contribution in [2.24, 2.45) is 0 Å². The Kier molecular flexibility index (Phi) is 7.78. The van der Waals surface area contributed by atoms with E-state index in [2.05, 4.69) is 20.3 Å². The molecule has 0 saturated heterocycles. The van der Waals surface area contributed by atoms with E-state index in [-0.39, 0.29) is 11.5 Å². The molecule has 9 nitrogen and oxygen atoms in total. The van der Waals surface area contributed by atoms with E-state index in [1.54, 1.807) is 42.9 Å². The summed E-state index contributed by atoms with van der Waals surface area (Å²) in [5.41, 5.74) is 3.27. The van der Waals surface area contributed by atoms with Crippen molar-refractivity contribution < 1.29 is 9.53 Å². The predicted molar refractivity (Wildman–Crippen MR) is 161 cm³/mol. The van der Waals surface area contributed by atoms with E-state index in [9.17, 15) is 9.59 Å². The van der Waals surface area contributed by atoms with Gasteiger partial charge >= 0.3 is 0 Å². The fourth-order valence-corrected chi connectivity index (χ4v) is 4.84. The fourth-order valence-electron chi connectivity index (χ4n) is 4.84. The highest BCUT2D eigenvalue weighted by Crippen LogP contribution is 2.31. The molecule has 0 aliphatic carbocycles. The number of aromatic nitrogens is 4. The van der Waals surface area contributed by atoms with Crippen molar-refractivity contribution in [2.45, 2.75) is 26.8 Å². The number of ether oxygens (including phenoxy) is 1. The van der Waals surface area contributed by atoms with Crippen molar-refractivity contribution in [1.29, 1.82) is 0 Å². The number of para-hydroxylation sites is 1. The number of rotatable bonds is 8. The molecule has 9 heteroatoms. The first-order chi connectivity index (χ1) is 19.8. The fraction of sp³-hybridized carbons (Fsp3) is 0.219. The van der Waals surface area contributed by atoms with E-state index in [4.69, 9.17) is 4.74 Å². The van der Waals surface area contributed by atoms with Crippen LogP contribution in [0.3, 0.4) is 0 Å². The molecule has 3 aromatic heterocycles. The molecule has 2 aromatic carbocycles. The normalized spacial score (nSPS) is 11.7. The summed E-state index contributed by atoms with van der Waals surface area (Å²) in [6, 6.07) is 20.6. The maximum absolute atomic E-state index is 14.4. The minimum atomic E-state index is -0.398. The lowest BCUT2D eigenvalue weighted by molar-refractivity contribution is 0.0802. The molecule has 5 rings (SSSR count). The summed E-state index contributed by atoms with van der Waals surface area (Å²) in [6.45, 7) is 6.18. The highest BCUT2D eigenvalue weighted by Gasteiger charge is 2.22. The molecule has 0 fully saturated rings. The zero-order valence-electron chi connectivity index (χ0n) is 23.8. The van der Waals surface area contributed by atoms with Gasteiger partial charge in [-0.2, -0.15) is 0 Å². The van der Waals surface area contributed by atoms with E-state index < -0.39 is 6.04 Å². The number of anilines is 1. The summed E-state index contributed by atoms with van der Waals surface area (Å²) in [7, 11) is 3.30. The quantitative estimate of drug-likeness (QED) is 0.276. The van der Waals surface area contributed by atoms with Gasteiger partial charge in [0.15, 0.2) is 0 Å². The number of benzene rings is 2. The zero-order valence-corrected chi connectivity index (χ0v) is 23.8. The van der Waals surface area contributed by atoms with Crippen molar-refractivity contribution in [2.75, 3.05) is 26.0 Å². The van der Waals surface area contributed by atoms with Gasteiger partial charge < -0.3 is 15.0 Å². The lowest BCUT2D eigenvalue weighted by Gasteiger charge is -2.23. The second-order valence-electron chi connectivity index (χ2n) is 9.77. The Labute approximate surface area is 238 Å². The number of hydrogen-bond donors (Lipinski definition) is 1. The number of methoxy groups -OCH3 is 1. The maximum atomic E-state index is 14.4. The number of carbonyl (C=O) groups is 1. The molecule has 3 heterocycles. The number of fused-ring (bicyclic) bond motifs is 1. The molecule has 208 valence electrons. The molecule has 0 saturated carbocycles. The van der Waals surface area contributed by atoms with Crippen LogP contribution in [0.4, 0.5) is 5.82 Å². The number of aryl methyl sites for hydroxylation is 1. The molecular formula is C32H32N6O3. The summed E-state index contributed by atoms with van der Waals surface area (Å²) in [5, 5.41) is 4.78. The Hall–Kier alpha value is -5.05. The highest BCUT2D eigenvalue weighted by atomic mass is 16.5. The van der Waals surface area contributed by atoms with Gasteiger partial charge in [-0.15, -0.1) is 0 Å². The Bertz CT molecular complexity index is 1780. The summed E-state index contributed by atoms with van der Waals surface area (Å²) < 4.78 is 7.05. The topological polar surface area (TPSA) is 102 Å². The zero-order chi connectivity index (χ0) is 29.1. The van der Waals surface area contributed by atoms with Gasteiger partial charge in [0.2, 0.25) is 5.88 Å². The van der Waals surface area contributed by atoms with Crippen LogP contribution in [0.5, 0.6) is 5.88 Å². The molecule has 1 atom stereocenters. The van der Waals surface area contributed by atoms with Crippen molar-refractivity contribution in [3.8, 4) is 22.7 Å². The van der Waals surface area contributed by atoms with Crippen molar-refractivity contribution in [3.05, 3.63) is 107 Å². The van der Waals surface area contributed by atoms with Crippen LogP contribution in [0.25, 0.3) is 27.6 Å². The Morgan fingerprint density at radius 3 is 2.59 bits per heavy atom. The van der Waals surface area contributed by atoms with Crippen LogP contribution in [0.15, 0.2) is 83.9 Å². The summed E-state index contributed by atoms with van der Waals surface area (Å²) >= 11 is 0. The molecule has 1 amide bonds. The predicted octanol–water partition coefficient (Wildman–Crippen LogP) is 5.42. The number of nitrogens with one attached hydrogen (secondary N) is 1. The third-order valence-electron chi connectivity index (χ3n) is 7.10. The van der Waals surface area contributed by atoms with Crippen molar-refractivity contribution >= 4 is 22.5 Å². The third-order valence-corrected chi connectivity index (χ3v) is 7.10. The Balaban J connectivity index is 1.70. The van der Waals surface area contributed by atoms with Crippen molar-refractivity contribution in [1.82, 2.24) is 24.4 Å². The van der Waals surface area contributed by atoms with E-state index in [0.717, 1.165) is 27.9 Å². The van der Waals surface area contributed by atoms with Gasteiger partial charge in [0.05, 0.1) is 18.5 Å².